The lowest BCUT2D eigenvalue weighted by Gasteiger charge is -2.30. The van der Waals surface area contributed by atoms with Crippen molar-refractivity contribution in [1.82, 2.24) is 20.1 Å². The number of aromatic amines is 1. The maximum Gasteiger partial charge on any atom is 0.291 e. The summed E-state index contributed by atoms with van der Waals surface area (Å²) in [4.78, 5) is 17.5. The molecular formula is C9H15N5O. The summed E-state index contributed by atoms with van der Waals surface area (Å²) in [5, 5.41) is 6.25. The maximum absolute atomic E-state index is 11.8. The largest absolute Gasteiger partial charge is 0.336 e. The number of H-pyrrole nitrogens is 1. The smallest absolute Gasteiger partial charge is 0.291 e. The van der Waals surface area contributed by atoms with Crippen LogP contribution in [0, 0.1) is 5.92 Å². The van der Waals surface area contributed by atoms with Crippen molar-refractivity contribution in [3.63, 3.8) is 0 Å². The third kappa shape index (κ3) is 2.15. The standard InChI is InChI=1S/C9H15N5O/c10-5-7-1-3-14(4-2-7)9(15)8-11-6-12-13-8/h6-7H,1-5,10H2,(H,11,12,13). The number of amides is 1. The minimum absolute atomic E-state index is 0.0667. The number of piperidine rings is 1. The van der Waals surface area contributed by atoms with Crippen molar-refractivity contribution < 1.29 is 4.79 Å². The van der Waals surface area contributed by atoms with Crippen LogP contribution in [0.15, 0.2) is 6.33 Å². The second-order valence-electron chi connectivity index (χ2n) is 3.81. The zero-order valence-electron chi connectivity index (χ0n) is 8.52. The number of nitrogens with zero attached hydrogens (tertiary/aromatic N) is 3. The first-order chi connectivity index (χ1) is 7.31. The van der Waals surface area contributed by atoms with Crippen molar-refractivity contribution in [1.29, 1.82) is 0 Å². The third-order valence-corrected chi connectivity index (χ3v) is 2.85. The minimum atomic E-state index is -0.0667. The van der Waals surface area contributed by atoms with Gasteiger partial charge in [0.25, 0.3) is 5.91 Å². The molecule has 3 N–H and O–H groups in total. The number of aromatic nitrogens is 3. The molecule has 15 heavy (non-hydrogen) atoms. The first kappa shape index (κ1) is 10.1. The van der Waals surface area contributed by atoms with E-state index in [9.17, 15) is 4.79 Å². The molecule has 82 valence electrons. The van der Waals surface area contributed by atoms with Gasteiger partial charge in [-0.15, -0.1) is 0 Å². The highest BCUT2D eigenvalue weighted by atomic mass is 16.2. The first-order valence-corrected chi connectivity index (χ1v) is 5.16. The van der Waals surface area contributed by atoms with Crippen LogP contribution in [0.3, 0.4) is 0 Å². The van der Waals surface area contributed by atoms with Crippen LogP contribution in [0.1, 0.15) is 23.5 Å². The molecule has 6 nitrogen and oxygen atoms in total. The molecule has 1 aromatic heterocycles. The molecule has 2 rings (SSSR count). The first-order valence-electron chi connectivity index (χ1n) is 5.16. The van der Waals surface area contributed by atoms with E-state index in [1.807, 2.05) is 0 Å². The lowest BCUT2D eigenvalue weighted by Crippen LogP contribution is -2.40. The average molecular weight is 209 g/mol. The van der Waals surface area contributed by atoms with Gasteiger partial charge in [0.1, 0.15) is 6.33 Å². The number of carbonyl (C=O) groups excluding carboxylic acids is 1. The van der Waals surface area contributed by atoms with Gasteiger partial charge >= 0.3 is 0 Å². The zero-order chi connectivity index (χ0) is 10.7. The summed E-state index contributed by atoms with van der Waals surface area (Å²) >= 11 is 0. The van der Waals surface area contributed by atoms with Gasteiger partial charge in [-0.2, -0.15) is 5.10 Å². The Hall–Kier alpha value is -1.43. The monoisotopic (exact) mass is 209 g/mol. The summed E-state index contributed by atoms with van der Waals surface area (Å²) in [6.07, 6.45) is 3.31. The van der Waals surface area contributed by atoms with E-state index in [0.717, 1.165) is 25.9 Å². The van der Waals surface area contributed by atoms with Gasteiger partial charge in [0.2, 0.25) is 5.82 Å². The van der Waals surface area contributed by atoms with Crippen LogP contribution in [-0.2, 0) is 0 Å². The van der Waals surface area contributed by atoms with Crippen LogP contribution >= 0.6 is 0 Å². The van der Waals surface area contributed by atoms with E-state index in [0.29, 0.717) is 18.3 Å². The predicted molar refractivity (Wildman–Crippen MR) is 54.1 cm³/mol. The normalized spacial score (nSPS) is 18.1. The van der Waals surface area contributed by atoms with Gasteiger partial charge in [-0.1, -0.05) is 0 Å². The highest BCUT2D eigenvalue weighted by Crippen LogP contribution is 2.16. The highest BCUT2D eigenvalue weighted by molar-refractivity contribution is 5.90. The van der Waals surface area contributed by atoms with Gasteiger partial charge in [-0.25, -0.2) is 4.98 Å². The SMILES string of the molecule is NCC1CCN(C(=O)c2ncn[nH]2)CC1. The average Bonchev–Trinajstić information content (AvgIpc) is 2.82. The molecule has 0 saturated carbocycles. The van der Waals surface area contributed by atoms with E-state index < -0.39 is 0 Å². The lowest BCUT2D eigenvalue weighted by atomic mass is 9.97. The molecule has 1 aromatic rings. The Kier molecular flexibility index (Phi) is 2.96. The van der Waals surface area contributed by atoms with Gasteiger partial charge in [-0.3, -0.25) is 9.89 Å². The van der Waals surface area contributed by atoms with E-state index in [4.69, 9.17) is 5.73 Å². The Morgan fingerprint density at radius 1 is 1.60 bits per heavy atom. The van der Waals surface area contributed by atoms with E-state index in [1.165, 1.54) is 6.33 Å². The van der Waals surface area contributed by atoms with Crippen molar-refractivity contribution in [3.05, 3.63) is 12.2 Å². The van der Waals surface area contributed by atoms with Crippen molar-refractivity contribution in [2.45, 2.75) is 12.8 Å². The lowest BCUT2D eigenvalue weighted by molar-refractivity contribution is 0.0681. The fourth-order valence-electron chi connectivity index (χ4n) is 1.83. The molecular weight excluding hydrogens is 194 g/mol. The Labute approximate surface area is 87.9 Å². The van der Waals surface area contributed by atoms with Gasteiger partial charge in [0, 0.05) is 13.1 Å². The quantitative estimate of drug-likeness (QED) is 0.694. The topological polar surface area (TPSA) is 87.9 Å². The molecule has 1 aliphatic heterocycles. The molecule has 1 amide bonds. The van der Waals surface area contributed by atoms with Crippen molar-refractivity contribution in [2.24, 2.45) is 11.7 Å². The van der Waals surface area contributed by atoms with E-state index in [-0.39, 0.29) is 5.91 Å². The molecule has 0 aromatic carbocycles. The second-order valence-corrected chi connectivity index (χ2v) is 3.81. The summed E-state index contributed by atoms with van der Waals surface area (Å²) in [7, 11) is 0. The summed E-state index contributed by atoms with van der Waals surface area (Å²) in [5.74, 6) is 0.813. The van der Waals surface area contributed by atoms with Crippen molar-refractivity contribution >= 4 is 5.91 Å². The number of rotatable bonds is 2. The fraction of sp³-hybridized carbons (Fsp3) is 0.667. The molecule has 0 atom stereocenters. The Bertz CT molecular complexity index is 315. The van der Waals surface area contributed by atoms with Crippen LogP contribution in [0.2, 0.25) is 0 Å². The molecule has 0 unspecified atom stereocenters. The molecule has 6 heteroatoms. The van der Waals surface area contributed by atoms with Crippen LogP contribution < -0.4 is 5.73 Å². The zero-order valence-corrected chi connectivity index (χ0v) is 8.52. The molecule has 0 bridgehead atoms. The Balaban J connectivity index is 1.93. The molecule has 0 radical (unpaired) electrons. The fourth-order valence-corrected chi connectivity index (χ4v) is 1.83. The van der Waals surface area contributed by atoms with Crippen molar-refractivity contribution in [2.75, 3.05) is 19.6 Å². The number of hydrogen-bond donors (Lipinski definition) is 2. The van der Waals surface area contributed by atoms with Gasteiger partial charge in [0.05, 0.1) is 0 Å². The molecule has 2 heterocycles. The molecule has 0 spiro atoms. The van der Waals surface area contributed by atoms with E-state index in [1.54, 1.807) is 4.90 Å². The predicted octanol–water partition coefficient (Wildman–Crippen LogP) is -0.384. The Morgan fingerprint density at radius 2 is 2.33 bits per heavy atom. The second kappa shape index (κ2) is 4.39. The van der Waals surface area contributed by atoms with Crippen LogP contribution in [-0.4, -0.2) is 45.6 Å². The maximum atomic E-state index is 11.8. The van der Waals surface area contributed by atoms with Gasteiger partial charge in [0.15, 0.2) is 0 Å². The highest BCUT2D eigenvalue weighted by Gasteiger charge is 2.24. The Morgan fingerprint density at radius 3 is 2.87 bits per heavy atom. The van der Waals surface area contributed by atoms with Crippen molar-refractivity contribution in [3.8, 4) is 0 Å². The molecule has 1 fully saturated rings. The van der Waals surface area contributed by atoms with Gasteiger partial charge in [-0.05, 0) is 25.3 Å². The number of nitrogens with two attached hydrogens (primary N) is 1. The summed E-state index contributed by atoms with van der Waals surface area (Å²) in [6.45, 7) is 2.24. The van der Waals surface area contributed by atoms with Crippen LogP contribution in [0.5, 0.6) is 0 Å². The molecule has 1 saturated heterocycles. The minimum Gasteiger partial charge on any atom is -0.336 e. The number of likely N-dealkylation sites (tertiary alicyclic amines) is 1. The summed E-state index contributed by atoms with van der Waals surface area (Å²) in [5.41, 5.74) is 5.59. The van der Waals surface area contributed by atoms with Gasteiger partial charge < -0.3 is 10.6 Å². The number of nitrogens with one attached hydrogen (secondary N) is 1. The molecule has 1 aliphatic rings. The van der Waals surface area contributed by atoms with Crippen LogP contribution in [0.25, 0.3) is 0 Å². The number of carbonyl (C=O) groups is 1. The van der Waals surface area contributed by atoms with E-state index in [2.05, 4.69) is 15.2 Å². The summed E-state index contributed by atoms with van der Waals surface area (Å²) in [6, 6.07) is 0. The third-order valence-electron chi connectivity index (χ3n) is 2.85. The summed E-state index contributed by atoms with van der Waals surface area (Å²) < 4.78 is 0. The molecule has 0 aliphatic carbocycles. The van der Waals surface area contributed by atoms with E-state index >= 15 is 0 Å². The van der Waals surface area contributed by atoms with Crippen LogP contribution in [0.4, 0.5) is 0 Å². The number of hydrogen-bond acceptors (Lipinski definition) is 4.